The zero-order valence-electron chi connectivity index (χ0n) is 13.3. The average Bonchev–Trinajstić information content (AvgIpc) is 2.47. The molecule has 1 rings (SSSR count). The van der Waals surface area contributed by atoms with Gasteiger partial charge in [-0.05, 0) is 43.5 Å². The molecule has 0 fully saturated rings. The maximum atomic E-state index is 12.2. The SMILES string of the molecule is COC(=O)C(CC(C)C)NC(=O)C(C)Oc1ccc(Br)cc1. The Bertz CT molecular complexity index is 501. The highest BCUT2D eigenvalue weighted by Gasteiger charge is 2.25. The molecule has 1 amide bonds. The van der Waals surface area contributed by atoms with E-state index in [1.807, 2.05) is 26.0 Å². The molecule has 122 valence electrons. The van der Waals surface area contributed by atoms with E-state index in [0.29, 0.717) is 12.2 Å². The number of amides is 1. The molecule has 1 aromatic carbocycles. The summed E-state index contributed by atoms with van der Waals surface area (Å²) in [4.78, 5) is 23.9. The molecule has 1 aromatic rings. The number of carbonyl (C=O) groups is 2. The molecule has 0 heterocycles. The van der Waals surface area contributed by atoms with Gasteiger partial charge in [0.1, 0.15) is 11.8 Å². The van der Waals surface area contributed by atoms with Crippen molar-refractivity contribution in [1.29, 1.82) is 0 Å². The van der Waals surface area contributed by atoms with Crippen LogP contribution >= 0.6 is 15.9 Å². The first-order valence-electron chi connectivity index (χ1n) is 7.14. The van der Waals surface area contributed by atoms with E-state index in [4.69, 9.17) is 9.47 Å². The maximum absolute atomic E-state index is 12.2. The van der Waals surface area contributed by atoms with Gasteiger partial charge >= 0.3 is 5.97 Å². The van der Waals surface area contributed by atoms with Gasteiger partial charge in [0, 0.05) is 4.47 Å². The van der Waals surface area contributed by atoms with Gasteiger partial charge in [0.2, 0.25) is 0 Å². The predicted molar refractivity (Wildman–Crippen MR) is 87.6 cm³/mol. The minimum Gasteiger partial charge on any atom is -0.481 e. The van der Waals surface area contributed by atoms with E-state index in [1.54, 1.807) is 19.1 Å². The smallest absolute Gasteiger partial charge is 0.328 e. The molecule has 0 saturated heterocycles. The molecule has 2 unspecified atom stereocenters. The summed E-state index contributed by atoms with van der Waals surface area (Å²) in [6, 6.07) is 6.53. The van der Waals surface area contributed by atoms with Crippen LogP contribution in [0.4, 0.5) is 0 Å². The Morgan fingerprint density at radius 3 is 2.27 bits per heavy atom. The number of hydrogen-bond donors (Lipinski definition) is 1. The summed E-state index contributed by atoms with van der Waals surface area (Å²) in [5.41, 5.74) is 0. The lowest BCUT2D eigenvalue weighted by atomic mass is 10.0. The van der Waals surface area contributed by atoms with Crippen molar-refractivity contribution in [3.63, 3.8) is 0 Å². The Kier molecular flexibility index (Phi) is 7.38. The molecule has 0 aliphatic rings. The average molecular weight is 372 g/mol. The van der Waals surface area contributed by atoms with Crippen LogP contribution in [0.25, 0.3) is 0 Å². The molecule has 0 aliphatic heterocycles. The van der Waals surface area contributed by atoms with E-state index in [9.17, 15) is 9.59 Å². The second kappa shape index (κ2) is 8.78. The van der Waals surface area contributed by atoms with Crippen LogP contribution in [0.15, 0.2) is 28.7 Å². The maximum Gasteiger partial charge on any atom is 0.328 e. The number of methoxy groups -OCH3 is 1. The summed E-state index contributed by atoms with van der Waals surface area (Å²) in [5.74, 6) is 0.0493. The van der Waals surface area contributed by atoms with Gasteiger partial charge in [-0.2, -0.15) is 0 Å². The fourth-order valence-electron chi connectivity index (χ4n) is 1.89. The molecule has 0 radical (unpaired) electrons. The van der Waals surface area contributed by atoms with E-state index in [0.717, 1.165) is 4.47 Å². The van der Waals surface area contributed by atoms with E-state index in [-0.39, 0.29) is 11.8 Å². The molecule has 0 aliphatic carbocycles. The van der Waals surface area contributed by atoms with Crippen molar-refractivity contribution in [2.24, 2.45) is 5.92 Å². The van der Waals surface area contributed by atoms with Gasteiger partial charge in [0.05, 0.1) is 7.11 Å². The van der Waals surface area contributed by atoms with E-state index in [1.165, 1.54) is 7.11 Å². The number of nitrogens with one attached hydrogen (secondary N) is 1. The second-order valence-electron chi connectivity index (χ2n) is 5.43. The number of esters is 1. The van der Waals surface area contributed by atoms with Crippen molar-refractivity contribution in [2.75, 3.05) is 7.11 Å². The molecule has 0 saturated carbocycles. The summed E-state index contributed by atoms with van der Waals surface area (Å²) >= 11 is 3.33. The predicted octanol–water partition coefficient (Wildman–Crippen LogP) is 2.92. The van der Waals surface area contributed by atoms with Crippen molar-refractivity contribution in [3.8, 4) is 5.75 Å². The van der Waals surface area contributed by atoms with Gasteiger partial charge in [-0.1, -0.05) is 29.8 Å². The van der Waals surface area contributed by atoms with Crippen LogP contribution in [0, 0.1) is 5.92 Å². The summed E-state index contributed by atoms with van der Waals surface area (Å²) in [7, 11) is 1.31. The van der Waals surface area contributed by atoms with Crippen molar-refractivity contribution in [1.82, 2.24) is 5.32 Å². The zero-order chi connectivity index (χ0) is 16.7. The number of carbonyl (C=O) groups excluding carboxylic acids is 2. The quantitative estimate of drug-likeness (QED) is 0.748. The van der Waals surface area contributed by atoms with Crippen LogP contribution in [-0.2, 0) is 14.3 Å². The van der Waals surface area contributed by atoms with Gasteiger partial charge in [0.15, 0.2) is 6.10 Å². The standard InChI is InChI=1S/C16H22BrNO4/c1-10(2)9-14(16(20)21-4)18-15(19)11(3)22-13-7-5-12(17)6-8-13/h5-8,10-11,14H,9H2,1-4H3,(H,18,19). The lowest BCUT2D eigenvalue weighted by molar-refractivity contribution is -0.146. The Labute approximate surface area is 139 Å². The van der Waals surface area contributed by atoms with Crippen molar-refractivity contribution in [3.05, 3.63) is 28.7 Å². The Morgan fingerprint density at radius 1 is 1.18 bits per heavy atom. The van der Waals surface area contributed by atoms with Crippen molar-refractivity contribution >= 4 is 27.8 Å². The first-order valence-corrected chi connectivity index (χ1v) is 7.93. The molecular weight excluding hydrogens is 350 g/mol. The molecular formula is C16H22BrNO4. The van der Waals surface area contributed by atoms with Gasteiger partial charge < -0.3 is 14.8 Å². The molecule has 2 atom stereocenters. The van der Waals surface area contributed by atoms with Crippen molar-refractivity contribution < 1.29 is 19.1 Å². The van der Waals surface area contributed by atoms with Gasteiger partial charge in [-0.25, -0.2) is 4.79 Å². The fourth-order valence-corrected chi connectivity index (χ4v) is 2.15. The van der Waals surface area contributed by atoms with E-state index >= 15 is 0 Å². The fraction of sp³-hybridized carbons (Fsp3) is 0.500. The monoisotopic (exact) mass is 371 g/mol. The number of rotatable bonds is 7. The molecule has 0 bridgehead atoms. The molecule has 1 N–H and O–H groups in total. The Balaban J connectivity index is 2.64. The van der Waals surface area contributed by atoms with Gasteiger partial charge in [0.25, 0.3) is 5.91 Å². The normalized spacial score (nSPS) is 13.4. The van der Waals surface area contributed by atoms with Crippen LogP contribution < -0.4 is 10.1 Å². The highest BCUT2D eigenvalue weighted by atomic mass is 79.9. The first kappa shape index (κ1) is 18.5. The first-order chi connectivity index (χ1) is 10.3. The van der Waals surface area contributed by atoms with Crippen LogP contribution in [0.1, 0.15) is 27.2 Å². The number of ether oxygens (including phenoxy) is 2. The lowest BCUT2D eigenvalue weighted by Gasteiger charge is -2.21. The zero-order valence-corrected chi connectivity index (χ0v) is 14.8. The minimum absolute atomic E-state index is 0.257. The summed E-state index contributed by atoms with van der Waals surface area (Å²) < 4.78 is 11.2. The van der Waals surface area contributed by atoms with Crippen LogP contribution in [-0.4, -0.2) is 31.1 Å². The third-order valence-electron chi connectivity index (χ3n) is 3.01. The molecule has 0 spiro atoms. The summed E-state index contributed by atoms with van der Waals surface area (Å²) in [5, 5.41) is 2.68. The molecule has 5 nitrogen and oxygen atoms in total. The third-order valence-corrected chi connectivity index (χ3v) is 3.53. The number of benzene rings is 1. The van der Waals surface area contributed by atoms with Crippen LogP contribution in [0.2, 0.25) is 0 Å². The van der Waals surface area contributed by atoms with Crippen LogP contribution in [0.3, 0.4) is 0 Å². The highest BCUT2D eigenvalue weighted by Crippen LogP contribution is 2.17. The van der Waals surface area contributed by atoms with Gasteiger partial charge in [-0.3, -0.25) is 4.79 Å². The van der Waals surface area contributed by atoms with Crippen molar-refractivity contribution in [2.45, 2.75) is 39.3 Å². The van der Waals surface area contributed by atoms with Gasteiger partial charge in [-0.15, -0.1) is 0 Å². The van der Waals surface area contributed by atoms with Crippen LogP contribution in [0.5, 0.6) is 5.75 Å². The van der Waals surface area contributed by atoms with E-state index in [2.05, 4.69) is 21.2 Å². The third kappa shape index (κ3) is 6.05. The minimum atomic E-state index is -0.708. The largest absolute Gasteiger partial charge is 0.481 e. The second-order valence-corrected chi connectivity index (χ2v) is 6.34. The van der Waals surface area contributed by atoms with E-state index < -0.39 is 18.1 Å². The Hall–Kier alpha value is -1.56. The topological polar surface area (TPSA) is 64.6 Å². The lowest BCUT2D eigenvalue weighted by Crippen LogP contribution is -2.47. The molecule has 0 aromatic heterocycles. The number of halogens is 1. The highest BCUT2D eigenvalue weighted by molar-refractivity contribution is 9.10. The molecule has 6 heteroatoms. The summed E-state index contributed by atoms with van der Waals surface area (Å²) in [6.07, 6.45) is -0.191. The number of hydrogen-bond acceptors (Lipinski definition) is 4. The summed E-state index contributed by atoms with van der Waals surface area (Å²) in [6.45, 7) is 5.59. The molecule has 22 heavy (non-hydrogen) atoms. The Morgan fingerprint density at radius 2 is 1.77 bits per heavy atom.